The van der Waals surface area contributed by atoms with Crippen molar-refractivity contribution in [3.63, 3.8) is 0 Å². The van der Waals surface area contributed by atoms with Gasteiger partial charge in [-0.3, -0.25) is 4.79 Å². The second-order valence-corrected chi connectivity index (χ2v) is 5.10. The van der Waals surface area contributed by atoms with Crippen molar-refractivity contribution in [1.29, 1.82) is 0 Å². The van der Waals surface area contributed by atoms with Crippen LogP contribution >= 0.6 is 0 Å². The van der Waals surface area contributed by atoms with E-state index >= 15 is 0 Å². The Bertz CT molecular complexity index is 848. The van der Waals surface area contributed by atoms with Crippen molar-refractivity contribution in [3.8, 4) is 5.75 Å². The summed E-state index contributed by atoms with van der Waals surface area (Å²) in [6, 6.07) is 13.7. The summed E-state index contributed by atoms with van der Waals surface area (Å²) in [4.78, 5) is 16.3. The number of ether oxygens (including phenoxy) is 1. The average molecular weight is 331 g/mol. The van der Waals surface area contributed by atoms with Gasteiger partial charge in [0.1, 0.15) is 5.75 Å². The van der Waals surface area contributed by atoms with E-state index in [2.05, 4.69) is 15.0 Å². The molecule has 1 aromatic heterocycles. The van der Waals surface area contributed by atoms with Gasteiger partial charge in [0.2, 0.25) is 5.91 Å². The first-order valence-electron chi connectivity index (χ1n) is 7.37. The first kappa shape index (κ1) is 15.9. The number of anilines is 1. The number of amides is 1. The van der Waals surface area contributed by atoms with E-state index in [1.165, 1.54) is 12.1 Å². The molecule has 124 valence electrons. The number of nitrogens with one attached hydrogen (secondary N) is 1. The van der Waals surface area contributed by atoms with Crippen molar-refractivity contribution in [2.45, 2.75) is 19.6 Å². The highest BCUT2D eigenvalue weighted by Crippen LogP contribution is 2.25. The quantitative estimate of drug-likeness (QED) is 0.750. The number of hydrogen-bond acceptors (Lipinski definition) is 3. The molecule has 0 fully saturated rings. The maximum absolute atomic E-state index is 12.4. The second kappa shape index (κ2) is 7.08. The van der Waals surface area contributed by atoms with Gasteiger partial charge in [-0.25, -0.2) is 4.98 Å². The van der Waals surface area contributed by atoms with Gasteiger partial charge in [0.15, 0.2) is 0 Å². The molecule has 1 heterocycles. The number of para-hydroxylation sites is 4. The Balaban J connectivity index is 1.64. The molecule has 2 aromatic carbocycles. The molecule has 0 atom stereocenters. The van der Waals surface area contributed by atoms with E-state index in [4.69, 9.17) is 0 Å². The predicted octanol–water partition coefficient (Wildman–Crippen LogP) is 3.67. The summed E-state index contributed by atoms with van der Waals surface area (Å²) < 4.78 is 31.0. The summed E-state index contributed by atoms with van der Waals surface area (Å²) >= 11 is 0. The summed E-state index contributed by atoms with van der Waals surface area (Å²) in [5, 5.41) is 2.60. The normalized spacial score (nSPS) is 11.0. The zero-order valence-electron chi connectivity index (χ0n) is 12.7. The third-order valence-corrected chi connectivity index (χ3v) is 3.48. The number of alkyl halides is 2. The summed E-state index contributed by atoms with van der Waals surface area (Å²) in [6.45, 7) is -2.51. The van der Waals surface area contributed by atoms with Crippen molar-refractivity contribution in [2.24, 2.45) is 0 Å². The van der Waals surface area contributed by atoms with E-state index in [1.54, 1.807) is 18.5 Å². The third kappa shape index (κ3) is 3.68. The van der Waals surface area contributed by atoms with E-state index in [-0.39, 0.29) is 23.8 Å². The number of nitrogens with zero attached hydrogens (tertiary/aromatic N) is 2. The third-order valence-electron chi connectivity index (χ3n) is 3.48. The number of carbonyl (C=O) groups excluding carboxylic acids is 1. The molecule has 3 rings (SSSR count). The Labute approximate surface area is 136 Å². The van der Waals surface area contributed by atoms with E-state index in [9.17, 15) is 13.6 Å². The fourth-order valence-electron chi connectivity index (χ4n) is 2.39. The second-order valence-electron chi connectivity index (χ2n) is 5.10. The SMILES string of the molecule is O=C(CCn1cnc2ccccc21)Nc1ccccc1OC(F)F. The highest BCUT2D eigenvalue weighted by Gasteiger charge is 2.12. The number of hydrogen-bond donors (Lipinski definition) is 1. The molecule has 0 aliphatic rings. The molecular weight excluding hydrogens is 316 g/mol. The van der Waals surface area contributed by atoms with Crippen molar-refractivity contribution < 1.29 is 18.3 Å². The van der Waals surface area contributed by atoms with Crippen LogP contribution in [0.4, 0.5) is 14.5 Å². The van der Waals surface area contributed by atoms with Crippen LogP contribution in [0.5, 0.6) is 5.75 Å². The fourth-order valence-corrected chi connectivity index (χ4v) is 2.39. The Morgan fingerprint density at radius 1 is 1.17 bits per heavy atom. The van der Waals surface area contributed by atoms with Gasteiger partial charge < -0.3 is 14.6 Å². The van der Waals surface area contributed by atoms with Crippen LogP contribution in [0.15, 0.2) is 54.9 Å². The Hall–Kier alpha value is -2.96. The number of aryl methyl sites for hydroxylation is 1. The van der Waals surface area contributed by atoms with Gasteiger partial charge >= 0.3 is 6.61 Å². The number of fused-ring (bicyclic) bond motifs is 1. The van der Waals surface area contributed by atoms with Gasteiger partial charge in [-0.2, -0.15) is 8.78 Å². The summed E-state index contributed by atoms with van der Waals surface area (Å²) in [5.41, 5.74) is 2.01. The van der Waals surface area contributed by atoms with E-state index in [1.807, 2.05) is 28.8 Å². The van der Waals surface area contributed by atoms with Gasteiger partial charge in [0.25, 0.3) is 0 Å². The molecule has 0 saturated carbocycles. The van der Waals surface area contributed by atoms with E-state index in [0.717, 1.165) is 11.0 Å². The van der Waals surface area contributed by atoms with Gasteiger partial charge in [0.05, 0.1) is 23.0 Å². The maximum atomic E-state index is 12.4. The van der Waals surface area contributed by atoms with Gasteiger partial charge in [-0.05, 0) is 24.3 Å². The molecule has 0 aliphatic heterocycles. The van der Waals surface area contributed by atoms with Gasteiger partial charge in [-0.15, -0.1) is 0 Å². The molecule has 0 saturated heterocycles. The van der Waals surface area contributed by atoms with Gasteiger partial charge in [0, 0.05) is 13.0 Å². The molecule has 7 heteroatoms. The zero-order chi connectivity index (χ0) is 16.9. The van der Waals surface area contributed by atoms with Crippen molar-refractivity contribution in [3.05, 3.63) is 54.9 Å². The number of halogens is 2. The highest BCUT2D eigenvalue weighted by atomic mass is 19.3. The first-order chi connectivity index (χ1) is 11.6. The molecule has 1 N–H and O–H groups in total. The zero-order valence-corrected chi connectivity index (χ0v) is 12.7. The summed E-state index contributed by atoms with van der Waals surface area (Å²) in [7, 11) is 0. The van der Waals surface area contributed by atoms with E-state index < -0.39 is 6.61 Å². The maximum Gasteiger partial charge on any atom is 0.387 e. The number of imidazole rings is 1. The first-order valence-corrected chi connectivity index (χ1v) is 7.37. The molecule has 0 radical (unpaired) electrons. The minimum Gasteiger partial charge on any atom is -0.433 e. The molecule has 3 aromatic rings. The lowest BCUT2D eigenvalue weighted by molar-refractivity contribution is -0.116. The summed E-state index contributed by atoms with van der Waals surface area (Å²) in [6.07, 6.45) is 1.86. The smallest absolute Gasteiger partial charge is 0.387 e. The van der Waals surface area contributed by atoms with Crippen LogP contribution in [0.3, 0.4) is 0 Å². The number of carbonyl (C=O) groups is 1. The molecule has 0 unspecified atom stereocenters. The minimum absolute atomic E-state index is 0.0612. The average Bonchev–Trinajstić information content (AvgIpc) is 2.98. The summed E-state index contributed by atoms with van der Waals surface area (Å²) in [5.74, 6) is -0.355. The fraction of sp³-hybridized carbons (Fsp3) is 0.176. The van der Waals surface area contributed by atoms with Crippen LogP contribution in [-0.2, 0) is 11.3 Å². The van der Waals surface area contributed by atoms with Crippen molar-refractivity contribution in [2.75, 3.05) is 5.32 Å². The standard InChI is InChI=1S/C17H15F2N3O2/c18-17(19)24-15-8-4-2-6-13(15)21-16(23)9-10-22-11-20-12-5-1-3-7-14(12)22/h1-8,11,17H,9-10H2,(H,21,23). The van der Waals surface area contributed by atoms with Crippen molar-refractivity contribution >= 4 is 22.6 Å². The highest BCUT2D eigenvalue weighted by molar-refractivity contribution is 5.92. The van der Waals surface area contributed by atoms with E-state index in [0.29, 0.717) is 6.54 Å². The lowest BCUT2D eigenvalue weighted by Gasteiger charge is -2.11. The van der Waals surface area contributed by atoms with Crippen LogP contribution in [0.25, 0.3) is 11.0 Å². The monoisotopic (exact) mass is 331 g/mol. The van der Waals surface area contributed by atoms with Crippen LogP contribution in [0.2, 0.25) is 0 Å². The predicted molar refractivity (Wildman–Crippen MR) is 86.1 cm³/mol. The number of rotatable bonds is 6. The lowest BCUT2D eigenvalue weighted by Crippen LogP contribution is -2.15. The largest absolute Gasteiger partial charge is 0.433 e. The Morgan fingerprint density at radius 2 is 1.92 bits per heavy atom. The Morgan fingerprint density at radius 3 is 2.75 bits per heavy atom. The van der Waals surface area contributed by atoms with Crippen LogP contribution < -0.4 is 10.1 Å². The van der Waals surface area contributed by atoms with Crippen LogP contribution in [0.1, 0.15) is 6.42 Å². The topological polar surface area (TPSA) is 56.2 Å². The molecule has 0 spiro atoms. The van der Waals surface area contributed by atoms with Crippen LogP contribution in [-0.4, -0.2) is 22.1 Å². The van der Waals surface area contributed by atoms with Gasteiger partial charge in [-0.1, -0.05) is 24.3 Å². The number of aromatic nitrogens is 2. The molecule has 1 amide bonds. The molecule has 0 aliphatic carbocycles. The molecular formula is C17H15F2N3O2. The molecule has 24 heavy (non-hydrogen) atoms. The van der Waals surface area contributed by atoms with Crippen molar-refractivity contribution in [1.82, 2.24) is 9.55 Å². The number of benzene rings is 2. The Kier molecular flexibility index (Phi) is 4.69. The molecule has 0 bridgehead atoms. The lowest BCUT2D eigenvalue weighted by atomic mass is 10.2. The molecule has 5 nitrogen and oxygen atoms in total. The minimum atomic E-state index is -2.94. The van der Waals surface area contributed by atoms with Crippen LogP contribution in [0, 0.1) is 0 Å².